The lowest BCUT2D eigenvalue weighted by Gasteiger charge is -2.15. The molecule has 0 aliphatic rings. The summed E-state index contributed by atoms with van der Waals surface area (Å²) in [5, 5.41) is -0.595. The molecule has 17 heavy (non-hydrogen) atoms. The van der Waals surface area contributed by atoms with E-state index in [0.29, 0.717) is 12.1 Å². The van der Waals surface area contributed by atoms with E-state index >= 15 is 0 Å². The molecular formula is C10H11ClF4N2. The van der Waals surface area contributed by atoms with Crippen molar-refractivity contribution in [1.82, 2.24) is 0 Å². The lowest BCUT2D eigenvalue weighted by molar-refractivity contribution is -0.137. The van der Waals surface area contributed by atoms with Gasteiger partial charge in [-0.2, -0.15) is 13.2 Å². The van der Waals surface area contributed by atoms with E-state index in [2.05, 4.69) is 0 Å². The quantitative estimate of drug-likeness (QED) is 0.830. The molecule has 1 aromatic rings. The average Bonchev–Trinajstić information content (AvgIpc) is 2.20. The molecule has 1 rings (SSSR count). The van der Waals surface area contributed by atoms with Crippen molar-refractivity contribution in [2.45, 2.75) is 18.6 Å². The average molecular weight is 271 g/mol. The van der Waals surface area contributed by atoms with Gasteiger partial charge in [0.1, 0.15) is 5.82 Å². The van der Waals surface area contributed by atoms with Gasteiger partial charge in [0.2, 0.25) is 0 Å². The van der Waals surface area contributed by atoms with Crippen LogP contribution in [0.15, 0.2) is 12.1 Å². The highest BCUT2D eigenvalue weighted by molar-refractivity contribution is 6.30. The van der Waals surface area contributed by atoms with Gasteiger partial charge in [-0.3, -0.25) is 0 Å². The number of halogens is 5. The summed E-state index contributed by atoms with van der Waals surface area (Å²) < 4.78 is 51.0. The molecule has 0 saturated heterocycles. The summed E-state index contributed by atoms with van der Waals surface area (Å²) in [7, 11) is 0. The van der Waals surface area contributed by atoms with Crippen molar-refractivity contribution in [3.8, 4) is 0 Å². The molecule has 0 spiro atoms. The third kappa shape index (κ3) is 3.31. The smallest absolute Gasteiger partial charge is 0.330 e. The molecule has 0 heterocycles. The third-order valence-electron chi connectivity index (χ3n) is 2.26. The van der Waals surface area contributed by atoms with Crippen molar-refractivity contribution in [3.05, 3.63) is 34.1 Å². The van der Waals surface area contributed by atoms with Gasteiger partial charge in [-0.1, -0.05) is 11.6 Å². The predicted molar refractivity (Wildman–Crippen MR) is 57.0 cm³/mol. The molecule has 4 N–H and O–H groups in total. The molecule has 1 aromatic carbocycles. The van der Waals surface area contributed by atoms with Gasteiger partial charge in [0.15, 0.2) is 0 Å². The minimum Gasteiger partial charge on any atom is -0.330 e. The molecule has 0 aromatic heterocycles. The van der Waals surface area contributed by atoms with Crippen molar-refractivity contribution < 1.29 is 17.6 Å². The summed E-state index contributed by atoms with van der Waals surface area (Å²) in [5.41, 5.74) is 9.47. The maximum atomic E-state index is 13.5. The van der Waals surface area contributed by atoms with Gasteiger partial charge in [-0.15, -0.1) is 0 Å². The van der Waals surface area contributed by atoms with Crippen LogP contribution in [0, 0.1) is 5.82 Å². The Bertz CT molecular complexity index is 406. The fraction of sp³-hybridized carbons (Fsp3) is 0.400. The Hall–Kier alpha value is -0.850. The highest BCUT2D eigenvalue weighted by Gasteiger charge is 2.32. The Labute approximate surface area is 101 Å². The van der Waals surface area contributed by atoms with Gasteiger partial charge in [0, 0.05) is 11.6 Å². The first-order valence-electron chi connectivity index (χ1n) is 4.79. The van der Waals surface area contributed by atoms with Crippen molar-refractivity contribution in [3.63, 3.8) is 0 Å². The van der Waals surface area contributed by atoms with E-state index in [9.17, 15) is 17.6 Å². The second-order valence-electron chi connectivity index (χ2n) is 3.54. The summed E-state index contributed by atoms with van der Waals surface area (Å²) in [5.74, 6) is -0.930. The molecule has 0 aliphatic carbocycles. The van der Waals surface area contributed by atoms with Crippen LogP contribution in [-0.4, -0.2) is 6.54 Å². The van der Waals surface area contributed by atoms with Crippen molar-refractivity contribution >= 4 is 11.6 Å². The van der Waals surface area contributed by atoms with E-state index in [0.717, 1.165) is 0 Å². The number of alkyl halides is 3. The van der Waals surface area contributed by atoms with Crippen LogP contribution in [-0.2, 0) is 6.18 Å². The highest BCUT2D eigenvalue weighted by atomic mass is 35.5. The highest BCUT2D eigenvalue weighted by Crippen LogP contribution is 2.35. The molecule has 0 aliphatic heterocycles. The van der Waals surface area contributed by atoms with Crippen molar-refractivity contribution in [2.24, 2.45) is 11.5 Å². The normalized spacial score (nSPS) is 13.8. The molecule has 0 amide bonds. The molecule has 1 atom stereocenters. The largest absolute Gasteiger partial charge is 0.416 e. The van der Waals surface area contributed by atoms with E-state index in [1.165, 1.54) is 0 Å². The van der Waals surface area contributed by atoms with Crippen LogP contribution in [0.3, 0.4) is 0 Å². The number of benzene rings is 1. The van der Waals surface area contributed by atoms with Crippen LogP contribution in [0.25, 0.3) is 0 Å². The summed E-state index contributed by atoms with van der Waals surface area (Å²) in [6, 6.07) is 0.302. The standard InChI is InChI=1S/C10H11ClF4N2/c11-7-4-5(10(13,14)15)3-6(9(7)12)8(17)1-2-16/h3-4,8H,1-2,16-17H2/t8-/m1/s1. The van der Waals surface area contributed by atoms with Crippen LogP contribution < -0.4 is 11.5 Å². The lowest BCUT2D eigenvalue weighted by Crippen LogP contribution is -2.18. The molecular weight excluding hydrogens is 260 g/mol. The van der Waals surface area contributed by atoms with Crippen LogP contribution in [0.5, 0.6) is 0 Å². The molecule has 0 saturated carbocycles. The van der Waals surface area contributed by atoms with Gasteiger partial charge < -0.3 is 11.5 Å². The zero-order valence-corrected chi connectivity index (χ0v) is 9.45. The zero-order chi connectivity index (χ0) is 13.2. The van der Waals surface area contributed by atoms with E-state index < -0.39 is 28.6 Å². The maximum absolute atomic E-state index is 13.5. The summed E-state index contributed by atoms with van der Waals surface area (Å²) >= 11 is 5.41. The van der Waals surface area contributed by atoms with E-state index in [1.54, 1.807) is 0 Å². The Morgan fingerprint density at radius 1 is 1.29 bits per heavy atom. The fourth-order valence-corrected chi connectivity index (χ4v) is 1.61. The SMILES string of the molecule is NCC[C@@H](N)c1cc(C(F)(F)F)cc(Cl)c1F. The molecule has 0 bridgehead atoms. The first kappa shape index (κ1) is 14.2. The van der Waals surface area contributed by atoms with Gasteiger partial charge in [-0.25, -0.2) is 4.39 Å². The Morgan fingerprint density at radius 2 is 1.88 bits per heavy atom. The zero-order valence-electron chi connectivity index (χ0n) is 8.69. The molecule has 0 radical (unpaired) electrons. The first-order chi connectivity index (χ1) is 7.77. The second kappa shape index (κ2) is 5.20. The molecule has 96 valence electrons. The van der Waals surface area contributed by atoms with E-state index in [4.69, 9.17) is 23.1 Å². The summed E-state index contributed by atoms with van der Waals surface area (Å²) in [4.78, 5) is 0. The van der Waals surface area contributed by atoms with Gasteiger partial charge in [0.25, 0.3) is 0 Å². The van der Waals surface area contributed by atoms with Gasteiger partial charge >= 0.3 is 6.18 Å². The molecule has 0 unspecified atom stereocenters. The maximum Gasteiger partial charge on any atom is 0.416 e. The monoisotopic (exact) mass is 270 g/mol. The molecule has 0 fully saturated rings. The Morgan fingerprint density at radius 3 is 2.35 bits per heavy atom. The van der Waals surface area contributed by atoms with Crippen LogP contribution >= 0.6 is 11.6 Å². The number of hydrogen-bond donors (Lipinski definition) is 2. The van der Waals surface area contributed by atoms with Crippen LogP contribution in [0.2, 0.25) is 5.02 Å². The third-order valence-corrected chi connectivity index (χ3v) is 2.54. The number of hydrogen-bond acceptors (Lipinski definition) is 2. The molecule has 2 nitrogen and oxygen atoms in total. The predicted octanol–water partition coefficient (Wildman–Crippen LogP) is 2.85. The number of rotatable bonds is 3. The first-order valence-corrected chi connectivity index (χ1v) is 5.17. The van der Waals surface area contributed by atoms with Crippen LogP contribution in [0.4, 0.5) is 17.6 Å². The Balaban J connectivity index is 3.25. The fourth-order valence-electron chi connectivity index (χ4n) is 1.38. The molecule has 7 heteroatoms. The van der Waals surface area contributed by atoms with E-state index in [1.807, 2.05) is 0 Å². The van der Waals surface area contributed by atoms with Crippen molar-refractivity contribution in [1.29, 1.82) is 0 Å². The minimum absolute atomic E-state index is 0.147. The van der Waals surface area contributed by atoms with Crippen molar-refractivity contribution in [2.75, 3.05) is 6.54 Å². The second-order valence-corrected chi connectivity index (χ2v) is 3.95. The summed E-state index contributed by atoms with van der Waals surface area (Å²) in [6.45, 7) is 0.147. The summed E-state index contributed by atoms with van der Waals surface area (Å²) in [6.07, 6.45) is -4.41. The lowest BCUT2D eigenvalue weighted by atomic mass is 10.0. The minimum atomic E-state index is -4.59. The Kier molecular flexibility index (Phi) is 4.35. The topological polar surface area (TPSA) is 52.0 Å². The number of nitrogens with two attached hydrogens (primary N) is 2. The van der Waals surface area contributed by atoms with Gasteiger partial charge in [-0.05, 0) is 25.1 Å². The van der Waals surface area contributed by atoms with E-state index in [-0.39, 0.29) is 18.5 Å². The van der Waals surface area contributed by atoms with Gasteiger partial charge in [0.05, 0.1) is 10.6 Å². The van der Waals surface area contributed by atoms with Crippen LogP contribution in [0.1, 0.15) is 23.6 Å².